The van der Waals surface area contributed by atoms with Crippen molar-refractivity contribution in [2.75, 3.05) is 12.3 Å². The molecule has 4 atom stereocenters. The number of fused-ring (bicyclic) bond motifs is 2. The van der Waals surface area contributed by atoms with Crippen LogP contribution < -0.4 is 5.73 Å². The van der Waals surface area contributed by atoms with Gasteiger partial charge in [-0.1, -0.05) is 0 Å². The van der Waals surface area contributed by atoms with Crippen LogP contribution in [0.2, 0.25) is 0 Å². The molecule has 2 aliphatic heterocycles. The molecular weight excluding hydrogens is 332 g/mol. The second-order valence-electron chi connectivity index (χ2n) is 6.29. The van der Waals surface area contributed by atoms with Gasteiger partial charge in [-0.3, -0.25) is 0 Å². The van der Waals surface area contributed by atoms with Crippen molar-refractivity contribution in [1.82, 2.24) is 9.97 Å². The van der Waals surface area contributed by atoms with Gasteiger partial charge in [0.05, 0.1) is 22.4 Å². The quantitative estimate of drug-likeness (QED) is 0.820. The van der Waals surface area contributed by atoms with Crippen LogP contribution in [0.25, 0.3) is 10.9 Å². The molecule has 2 saturated heterocycles. The van der Waals surface area contributed by atoms with E-state index < -0.39 is 29.7 Å². The molecular formula is C15H16N4O4S. The van der Waals surface area contributed by atoms with Gasteiger partial charge in [-0.2, -0.15) is 5.26 Å². The van der Waals surface area contributed by atoms with Crippen LogP contribution in [0.3, 0.4) is 0 Å². The van der Waals surface area contributed by atoms with Crippen molar-refractivity contribution >= 4 is 28.1 Å². The fourth-order valence-electron chi connectivity index (χ4n) is 3.36. The third-order valence-corrected chi connectivity index (χ3v) is 5.43. The lowest BCUT2D eigenvalue weighted by Crippen LogP contribution is -2.39. The Balaban J connectivity index is 1.90. The number of aliphatic hydroxyl groups is 1. The number of ether oxygens (including phenoxy) is 3. The zero-order chi connectivity index (χ0) is 17.1. The highest BCUT2D eigenvalue weighted by Crippen LogP contribution is 2.51. The first-order valence-electron chi connectivity index (χ1n) is 7.45. The zero-order valence-electron chi connectivity index (χ0n) is 13.1. The average molecular weight is 348 g/mol. The SMILES string of the molecule is CC1(C)O[C@H]2[C@@H](O1)[C@](C#N)(c1scc3c(N)ncnc13)O[C@@H]2CO. The third-order valence-electron chi connectivity index (χ3n) is 4.34. The number of hydrogen-bond acceptors (Lipinski definition) is 9. The predicted molar refractivity (Wildman–Crippen MR) is 84.9 cm³/mol. The molecule has 0 aliphatic carbocycles. The number of aliphatic hydroxyl groups excluding tert-OH is 1. The summed E-state index contributed by atoms with van der Waals surface area (Å²) in [5.41, 5.74) is 5.03. The highest BCUT2D eigenvalue weighted by molar-refractivity contribution is 7.11. The van der Waals surface area contributed by atoms with Gasteiger partial charge < -0.3 is 25.1 Å². The van der Waals surface area contributed by atoms with E-state index in [0.29, 0.717) is 21.6 Å². The van der Waals surface area contributed by atoms with Gasteiger partial charge in [-0.25, -0.2) is 9.97 Å². The molecule has 2 aliphatic rings. The van der Waals surface area contributed by atoms with Gasteiger partial charge in [-0.15, -0.1) is 11.3 Å². The Morgan fingerprint density at radius 1 is 1.38 bits per heavy atom. The Kier molecular flexibility index (Phi) is 3.32. The van der Waals surface area contributed by atoms with Gasteiger partial charge >= 0.3 is 0 Å². The van der Waals surface area contributed by atoms with Crippen LogP contribution in [-0.4, -0.2) is 45.8 Å². The molecule has 2 fully saturated rings. The number of aromatic nitrogens is 2. The molecule has 0 spiro atoms. The minimum absolute atomic E-state index is 0.273. The fraction of sp³-hybridized carbons (Fsp3) is 0.533. The molecule has 2 aromatic heterocycles. The topological polar surface area (TPSA) is 124 Å². The van der Waals surface area contributed by atoms with Gasteiger partial charge in [0.1, 0.15) is 36.5 Å². The average Bonchev–Trinajstić information content (AvgIpc) is 3.18. The second-order valence-corrected chi connectivity index (χ2v) is 7.17. The Bertz CT molecular complexity index is 848. The molecule has 0 unspecified atom stereocenters. The van der Waals surface area contributed by atoms with E-state index in [-0.39, 0.29) is 6.61 Å². The molecule has 0 aromatic carbocycles. The monoisotopic (exact) mass is 348 g/mol. The van der Waals surface area contributed by atoms with Gasteiger partial charge in [0, 0.05) is 5.38 Å². The maximum absolute atomic E-state index is 9.99. The van der Waals surface area contributed by atoms with Gasteiger partial charge in [-0.05, 0) is 13.8 Å². The number of nitrogen functional groups attached to an aromatic ring is 1. The molecule has 0 radical (unpaired) electrons. The van der Waals surface area contributed by atoms with E-state index in [1.54, 1.807) is 19.2 Å². The highest BCUT2D eigenvalue weighted by Gasteiger charge is 2.65. The summed E-state index contributed by atoms with van der Waals surface area (Å²) in [6.45, 7) is 3.27. The van der Waals surface area contributed by atoms with Crippen LogP contribution in [0.1, 0.15) is 18.7 Å². The molecule has 0 saturated carbocycles. The number of hydrogen-bond donors (Lipinski definition) is 2. The number of nitrogens with two attached hydrogens (primary N) is 1. The number of nitriles is 1. The van der Waals surface area contributed by atoms with Crippen molar-refractivity contribution in [3.05, 3.63) is 16.6 Å². The van der Waals surface area contributed by atoms with E-state index in [1.165, 1.54) is 17.7 Å². The largest absolute Gasteiger partial charge is 0.394 e. The maximum Gasteiger partial charge on any atom is 0.220 e. The normalized spacial score (nSPS) is 34.3. The molecule has 0 amide bonds. The van der Waals surface area contributed by atoms with Crippen molar-refractivity contribution in [3.8, 4) is 6.07 Å². The molecule has 4 heterocycles. The smallest absolute Gasteiger partial charge is 0.220 e. The van der Waals surface area contributed by atoms with Crippen molar-refractivity contribution in [2.24, 2.45) is 0 Å². The molecule has 24 heavy (non-hydrogen) atoms. The van der Waals surface area contributed by atoms with Crippen molar-refractivity contribution in [1.29, 1.82) is 5.26 Å². The van der Waals surface area contributed by atoms with Crippen molar-refractivity contribution in [3.63, 3.8) is 0 Å². The molecule has 3 N–H and O–H groups in total. The van der Waals surface area contributed by atoms with E-state index in [0.717, 1.165) is 0 Å². The van der Waals surface area contributed by atoms with Gasteiger partial charge in [0.25, 0.3) is 0 Å². The molecule has 0 bridgehead atoms. The first kappa shape index (κ1) is 15.7. The van der Waals surface area contributed by atoms with Crippen LogP contribution in [0, 0.1) is 11.3 Å². The summed E-state index contributed by atoms with van der Waals surface area (Å²) in [5, 5.41) is 22.1. The zero-order valence-corrected chi connectivity index (χ0v) is 13.9. The van der Waals surface area contributed by atoms with E-state index in [2.05, 4.69) is 16.0 Å². The lowest BCUT2D eigenvalue weighted by Gasteiger charge is -2.28. The van der Waals surface area contributed by atoms with Gasteiger partial charge in [0.15, 0.2) is 5.79 Å². The molecule has 126 valence electrons. The standard InChI is InChI=1S/C15H16N4O4S/c1-14(2)22-10-8(3-20)21-15(5-16,11(10)23-14)12-9-7(4-24-12)13(17)19-6-18-9/h4,6,8,10-11,20H,3H2,1-2H3,(H2,17,18,19)/t8-,10-,11-,15-/m1/s1. The van der Waals surface area contributed by atoms with Crippen LogP contribution in [-0.2, 0) is 19.8 Å². The Hall–Kier alpha value is -1.83. The van der Waals surface area contributed by atoms with E-state index in [9.17, 15) is 10.4 Å². The number of rotatable bonds is 2. The summed E-state index contributed by atoms with van der Waals surface area (Å²) >= 11 is 1.31. The summed E-state index contributed by atoms with van der Waals surface area (Å²) in [6.07, 6.45) is -0.522. The Morgan fingerprint density at radius 3 is 2.88 bits per heavy atom. The summed E-state index contributed by atoms with van der Waals surface area (Å²) in [4.78, 5) is 8.83. The Morgan fingerprint density at radius 2 is 2.17 bits per heavy atom. The first-order valence-corrected chi connectivity index (χ1v) is 8.33. The number of thiophene rings is 1. The maximum atomic E-state index is 9.99. The van der Waals surface area contributed by atoms with Crippen LogP contribution in [0.15, 0.2) is 11.7 Å². The van der Waals surface area contributed by atoms with Gasteiger partial charge in [0.2, 0.25) is 5.60 Å². The second kappa shape index (κ2) is 5.08. The summed E-state index contributed by atoms with van der Waals surface area (Å²) in [6, 6.07) is 2.24. The Labute approximate surface area is 141 Å². The van der Waals surface area contributed by atoms with Crippen molar-refractivity contribution in [2.45, 2.75) is 43.5 Å². The van der Waals surface area contributed by atoms with E-state index in [4.69, 9.17) is 19.9 Å². The highest BCUT2D eigenvalue weighted by atomic mass is 32.1. The van der Waals surface area contributed by atoms with Crippen LogP contribution >= 0.6 is 11.3 Å². The lowest BCUT2D eigenvalue weighted by molar-refractivity contribution is -0.203. The third kappa shape index (κ3) is 1.98. The first-order chi connectivity index (χ1) is 11.4. The fourth-order valence-corrected chi connectivity index (χ4v) is 4.48. The summed E-state index contributed by atoms with van der Waals surface area (Å²) in [7, 11) is 0. The van der Waals surface area contributed by atoms with Crippen molar-refractivity contribution < 1.29 is 19.3 Å². The predicted octanol–water partition coefficient (Wildman–Crippen LogP) is 0.904. The lowest BCUT2D eigenvalue weighted by atomic mass is 9.93. The van der Waals surface area contributed by atoms with E-state index >= 15 is 0 Å². The molecule has 8 nitrogen and oxygen atoms in total. The molecule has 4 rings (SSSR count). The van der Waals surface area contributed by atoms with E-state index in [1.807, 2.05) is 0 Å². The number of nitrogens with zero attached hydrogens (tertiary/aromatic N) is 3. The van der Waals surface area contributed by atoms with Crippen LogP contribution in [0.4, 0.5) is 5.82 Å². The molecule has 9 heteroatoms. The van der Waals surface area contributed by atoms with Crippen LogP contribution in [0.5, 0.6) is 0 Å². The summed E-state index contributed by atoms with van der Waals surface area (Å²) in [5.74, 6) is -0.525. The minimum atomic E-state index is -1.42. The minimum Gasteiger partial charge on any atom is -0.394 e. The number of anilines is 1. The summed E-state index contributed by atoms with van der Waals surface area (Å²) < 4.78 is 17.8. The molecule has 2 aromatic rings.